The second-order valence-electron chi connectivity index (χ2n) is 7.12. The molecule has 1 heterocycles. The van der Waals surface area contributed by atoms with Crippen LogP contribution in [0.25, 0.3) is 0 Å². The Labute approximate surface area is 170 Å². The number of nitrogens with zero attached hydrogens (tertiary/aromatic N) is 6. The van der Waals surface area contributed by atoms with Gasteiger partial charge in [-0.05, 0) is 62.4 Å². The van der Waals surface area contributed by atoms with Gasteiger partial charge in [0.05, 0.1) is 24.1 Å². The summed E-state index contributed by atoms with van der Waals surface area (Å²) in [5.74, 6) is -0.174. The Balaban J connectivity index is 1.56. The van der Waals surface area contributed by atoms with E-state index in [1.54, 1.807) is 28.9 Å². The number of azo groups is 1. The lowest BCUT2D eigenvalue weighted by molar-refractivity contribution is 0.0950. The van der Waals surface area contributed by atoms with Gasteiger partial charge in [0, 0.05) is 31.4 Å². The first-order valence-corrected chi connectivity index (χ1v) is 9.40. The summed E-state index contributed by atoms with van der Waals surface area (Å²) in [4.78, 5) is 14.3. The van der Waals surface area contributed by atoms with Crippen LogP contribution in [0.5, 0.6) is 0 Å². The van der Waals surface area contributed by atoms with Crippen molar-refractivity contribution in [2.45, 2.75) is 26.4 Å². The largest absolute Gasteiger partial charge is 0.378 e. The number of benzene rings is 2. The van der Waals surface area contributed by atoms with Crippen LogP contribution in [0.2, 0.25) is 0 Å². The Hall–Kier alpha value is -3.55. The summed E-state index contributed by atoms with van der Waals surface area (Å²) in [7, 11) is 3.98. The molecule has 1 aromatic heterocycles. The number of aromatic nitrogens is 3. The minimum absolute atomic E-state index is 0.174. The van der Waals surface area contributed by atoms with Crippen LogP contribution in [0.3, 0.4) is 0 Å². The topological polar surface area (TPSA) is 87.8 Å². The fraction of sp³-hybridized carbons (Fsp3) is 0.286. The average molecular weight is 391 g/mol. The molecule has 150 valence electrons. The summed E-state index contributed by atoms with van der Waals surface area (Å²) in [6.07, 6.45) is 1.83. The molecule has 0 fully saturated rings. The van der Waals surface area contributed by atoms with Gasteiger partial charge in [0.2, 0.25) is 0 Å². The number of nitrogens with one attached hydrogen (secondary N) is 1. The van der Waals surface area contributed by atoms with Crippen LogP contribution in [-0.2, 0) is 6.54 Å². The standard InChI is InChI=1S/C21H25N7O/c1-15(2)28-14-19(25-26-28)13-22-21(29)16-5-7-17(8-6-16)23-24-18-9-11-20(12-10-18)27(3)4/h5-12,14-15H,13H2,1-4H3,(H,22,29). The van der Waals surface area contributed by atoms with Crippen LogP contribution >= 0.6 is 0 Å². The minimum Gasteiger partial charge on any atom is -0.378 e. The molecule has 0 bridgehead atoms. The molecule has 0 aliphatic heterocycles. The predicted molar refractivity (Wildman–Crippen MR) is 113 cm³/mol. The zero-order chi connectivity index (χ0) is 20.8. The van der Waals surface area contributed by atoms with E-state index in [0.29, 0.717) is 17.8 Å². The van der Waals surface area contributed by atoms with Crippen LogP contribution in [0.4, 0.5) is 17.1 Å². The fourth-order valence-electron chi connectivity index (χ4n) is 2.53. The number of carbonyl (C=O) groups excluding carboxylic acids is 1. The molecule has 3 rings (SSSR count). The molecule has 3 aromatic rings. The summed E-state index contributed by atoms with van der Waals surface area (Å²) in [5, 5.41) is 19.4. The molecular weight excluding hydrogens is 366 g/mol. The van der Waals surface area contributed by atoms with Gasteiger partial charge in [-0.15, -0.1) is 5.10 Å². The Morgan fingerprint density at radius 1 is 1.03 bits per heavy atom. The van der Waals surface area contributed by atoms with Crippen molar-refractivity contribution in [1.82, 2.24) is 20.3 Å². The summed E-state index contributed by atoms with van der Waals surface area (Å²) in [6.45, 7) is 4.37. The molecule has 0 radical (unpaired) electrons. The van der Waals surface area contributed by atoms with E-state index in [4.69, 9.17) is 0 Å². The Bertz CT molecular complexity index is 973. The molecule has 2 aromatic carbocycles. The maximum atomic E-state index is 12.3. The first kappa shape index (κ1) is 20.2. The van der Waals surface area contributed by atoms with Crippen molar-refractivity contribution in [3.8, 4) is 0 Å². The van der Waals surface area contributed by atoms with Gasteiger partial charge in [-0.1, -0.05) is 5.21 Å². The Morgan fingerprint density at radius 2 is 1.62 bits per heavy atom. The van der Waals surface area contributed by atoms with Crippen molar-refractivity contribution in [3.63, 3.8) is 0 Å². The minimum atomic E-state index is -0.174. The first-order valence-electron chi connectivity index (χ1n) is 9.40. The lowest BCUT2D eigenvalue weighted by atomic mass is 10.2. The highest BCUT2D eigenvalue weighted by atomic mass is 16.1. The monoisotopic (exact) mass is 391 g/mol. The van der Waals surface area contributed by atoms with E-state index in [-0.39, 0.29) is 11.9 Å². The van der Waals surface area contributed by atoms with Crippen molar-refractivity contribution < 1.29 is 4.79 Å². The van der Waals surface area contributed by atoms with Gasteiger partial charge in [-0.2, -0.15) is 10.2 Å². The van der Waals surface area contributed by atoms with Gasteiger partial charge in [0.15, 0.2) is 0 Å². The molecule has 8 nitrogen and oxygen atoms in total. The summed E-state index contributed by atoms with van der Waals surface area (Å²) < 4.78 is 1.76. The van der Waals surface area contributed by atoms with Crippen molar-refractivity contribution in [3.05, 3.63) is 66.0 Å². The summed E-state index contributed by atoms with van der Waals surface area (Å²) in [6, 6.07) is 15.0. The Kier molecular flexibility index (Phi) is 6.33. The molecule has 29 heavy (non-hydrogen) atoms. The van der Waals surface area contributed by atoms with E-state index in [9.17, 15) is 4.79 Å². The highest BCUT2D eigenvalue weighted by Crippen LogP contribution is 2.21. The molecule has 0 aliphatic carbocycles. The maximum absolute atomic E-state index is 12.3. The zero-order valence-electron chi connectivity index (χ0n) is 17.1. The SMILES string of the molecule is CC(C)n1cc(CNC(=O)c2ccc(N=Nc3ccc(N(C)C)cc3)cc2)nn1. The van der Waals surface area contributed by atoms with Gasteiger partial charge in [-0.25, -0.2) is 4.68 Å². The molecule has 0 unspecified atom stereocenters. The van der Waals surface area contributed by atoms with Gasteiger partial charge in [-0.3, -0.25) is 4.79 Å². The third kappa shape index (κ3) is 5.47. The van der Waals surface area contributed by atoms with Crippen LogP contribution in [0.1, 0.15) is 35.9 Å². The van der Waals surface area contributed by atoms with Crippen molar-refractivity contribution >= 4 is 23.0 Å². The molecule has 0 atom stereocenters. The van der Waals surface area contributed by atoms with E-state index in [1.807, 2.05) is 63.3 Å². The van der Waals surface area contributed by atoms with Crippen LogP contribution in [0.15, 0.2) is 65.0 Å². The van der Waals surface area contributed by atoms with Crippen molar-refractivity contribution in [2.24, 2.45) is 10.2 Å². The van der Waals surface area contributed by atoms with Crippen molar-refractivity contribution in [2.75, 3.05) is 19.0 Å². The number of carbonyl (C=O) groups is 1. The molecule has 0 spiro atoms. The lowest BCUT2D eigenvalue weighted by Gasteiger charge is -2.11. The highest BCUT2D eigenvalue weighted by Gasteiger charge is 2.08. The van der Waals surface area contributed by atoms with E-state index in [1.165, 1.54) is 0 Å². The van der Waals surface area contributed by atoms with Gasteiger partial charge in [0.1, 0.15) is 5.69 Å². The average Bonchev–Trinajstić information content (AvgIpc) is 3.20. The fourth-order valence-corrected chi connectivity index (χ4v) is 2.53. The normalized spacial score (nSPS) is 11.2. The zero-order valence-corrected chi connectivity index (χ0v) is 17.1. The van der Waals surface area contributed by atoms with E-state index in [0.717, 1.165) is 17.1 Å². The van der Waals surface area contributed by atoms with Crippen LogP contribution in [-0.4, -0.2) is 35.0 Å². The molecule has 1 amide bonds. The number of anilines is 1. The second-order valence-corrected chi connectivity index (χ2v) is 7.12. The van der Waals surface area contributed by atoms with Crippen molar-refractivity contribution in [1.29, 1.82) is 0 Å². The Morgan fingerprint density at radius 3 is 2.14 bits per heavy atom. The number of hydrogen-bond donors (Lipinski definition) is 1. The lowest BCUT2D eigenvalue weighted by Crippen LogP contribution is -2.22. The van der Waals surface area contributed by atoms with Gasteiger partial charge in [0.25, 0.3) is 5.91 Å². The van der Waals surface area contributed by atoms with Gasteiger partial charge >= 0.3 is 0 Å². The smallest absolute Gasteiger partial charge is 0.251 e. The van der Waals surface area contributed by atoms with E-state index >= 15 is 0 Å². The van der Waals surface area contributed by atoms with E-state index in [2.05, 4.69) is 25.9 Å². The quantitative estimate of drug-likeness (QED) is 0.609. The molecule has 8 heteroatoms. The molecular formula is C21H25N7O. The third-order valence-electron chi connectivity index (χ3n) is 4.29. The number of rotatable bonds is 7. The van der Waals surface area contributed by atoms with Crippen LogP contribution < -0.4 is 10.2 Å². The molecule has 0 saturated heterocycles. The van der Waals surface area contributed by atoms with Crippen LogP contribution in [0, 0.1) is 0 Å². The molecule has 1 N–H and O–H groups in total. The summed E-state index contributed by atoms with van der Waals surface area (Å²) >= 11 is 0. The maximum Gasteiger partial charge on any atom is 0.251 e. The number of amides is 1. The molecule has 0 aliphatic rings. The first-order chi connectivity index (χ1) is 13.9. The van der Waals surface area contributed by atoms with Gasteiger partial charge < -0.3 is 10.2 Å². The second kappa shape index (κ2) is 9.09. The molecule has 0 saturated carbocycles. The number of hydrogen-bond acceptors (Lipinski definition) is 6. The van der Waals surface area contributed by atoms with E-state index < -0.39 is 0 Å². The third-order valence-corrected chi connectivity index (χ3v) is 4.29. The summed E-state index contributed by atoms with van der Waals surface area (Å²) in [5.41, 5.74) is 3.82. The predicted octanol–water partition coefficient (Wildman–Crippen LogP) is 4.27. The highest BCUT2D eigenvalue weighted by molar-refractivity contribution is 5.94.